The molecule has 3 amide bonds. The smallest absolute Gasteiger partial charge is 0.319 e. The van der Waals surface area contributed by atoms with Gasteiger partial charge in [-0.3, -0.25) is 4.79 Å². The number of nitrogens with one attached hydrogen (secondary N) is 3. The molecule has 7 heteroatoms. The monoisotopic (exact) mass is 391 g/mol. The van der Waals surface area contributed by atoms with E-state index in [1.54, 1.807) is 24.3 Å². The molecule has 0 aromatic heterocycles. The summed E-state index contributed by atoms with van der Waals surface area (Å²) < 4.78 is 6.47. The van der Waals surface area contributed by atoms with Crippen LogP contribution in [-0.4, -0.2) is 25.1 Å². The van der Waals surface area contributed by atoms with Crippen molar-refractivity contribution in [2.24, 2.45) is 0 Å². The molecule has 0 bridgehead atoms. The van der Waals surface area contributed by atoms with Gasteiger partial charge in [0.2, 0.25) is 5.91 Å². The number of amides is 3. The van der Waals surface area contributed by atoms with Crippen molar-refractivity contribution >= 4 is 39.2 Å². The summed E-state index contributed by atoms with van der Waals surface area (Å²) in [6.07, 6.45) is 0. The molecule has 126 valence electrons. The summed E-state index contributed by atoms with van der Waals surface area (Å²) in [4.78, 5) is 22.7. The average Bonchev–Trinajstić information content (AvgIpc) is 2.53. The van der Waals surface area contributed by atoms with E-state index in [-0.39, 0.29) is 11.9 Å². The van der Waals surface area contributed by atoms with E-state index >= 15 is 0 Å². The minimum absolute atomic E-state index is 0.140. The topological polar surface area (TPSA) is 79.5 Å². The average molecular weight is 392 g/mol. The summed E-state index contributed by atoms with van der Waals surface area (Å²) in [5, 5.41) is 8.07. The third-order valence-electron chi connectivity index (χ3n) is 2.92. The number of hydrogen-bond acceptors (Lipinski definition) is 3. The predicted octanol–water partition coefficient (Wildman–Crippen LogP) is 3.61. The van der Waals surface area contributed by atoms with Gasteiger partial charge in [0.1, 0.15) is 12.4 Å². The van der Waals surface area contributed by atoms with Gasteiger partial charge in [-0.2, -0.15) is 0 Å². The Kier molecular flexibility index (Phi) is 6.62. The first-order valence-electron chi connectivity index (χ1n) is 7.34. The molecule has 0 saturated heterocycles. The third-order valence-corrected chi connectivity index (χ3v) is 3.41. The van der Waals surface area contributed by atoms with Crippen LogP contribution in [0, 0.1) is 0 Å². The number of carbonyl (C=O) groups is 2. The van der Waals surface area contributed by atoms with E-state index in [1.807, 2.05) is 24.3 Å². The van der Waals surface area contributed by atoms with Gasteiger partial charge in [0.25, 0.3) is 0 Å². The molecule has 0 unspecified atom stereocenters. The molecule has 0 aliphatic rings. The lowest BCUT2D eigenvalue weighted by Crippen LogP contribution is -2.32. The number of hydrogen-bond donors (Lipinski definition) is 3. The molecule has 6 nitrogen and oxygen atoms in total. The van der Waals surface area contributed by atoms with Gasteiger partial charge >= 0.3 is 6.03 Å². The minimum atomic E-state index is -0.319. The predicted molar refractivity (Wildman–Crippen MR) is 97.4 cm³/mol. The summed E-state index contributed by atoms with van der Waals surface area (Å²) in [5.41, 5.74) is 1.31. The Bertz CT molecular complexity index is 704. The number of rotatable bonds is 6. The first-order valence-corrected chi connectivity index (χ1v) is 8.13. The maximum absolute atomic E-state index is 11.8. The standard InChI is InChI=1S/C17H18BrN3O3/c1-12(22)20-14-5-7-15(8-6-14)21-17(23)19-9-10-24-16-4-2-3-13(18)11-16/h2-8,11H,9-10H2,1H3,(H,20,22)(H2,19,21,23). The zero-order valence-corrected chi connectivity index (χ0v) is 14.7. The summed E-state index contributed by atoms with van der Waals surface area (Å²) in [7, 11) is 0. The number of benzene rings is 2. The normalized spacial score (nSPS) is 9.92. The van der Waals surface area contributed by atoms with Crippen LogP contribution in [0.3, 0.4) is 0 Å². The highest BCUT2D eigenvalue weighted by Crippen LogP contribution is 2.17. The van der Waals surface area contributed by atoms with Crippen LogP contribution in [0.5, 0.6) is 5.75 Å². The summed E-state index contributed by atoms with van der Waals surface area (Å²) in [6.45, 7) is 2.18. The second kappa shape index (κ2) is 8.93. The molecule has 0 aliphatic heterocycles. The van der Waals surface area contributed by atoms with Crippen molar-refractivity contribution < 1.29 is 14.3 Å². The van der Waals surface area contributed by atoms with Crippen molar-refractivity contribution in [1.82, 2.24) is 5.32 Å². The fraction of sp³-hybridized carbons (Fsp3) is 0.176. The van der Waals surface area contributed by atoms with E-state index in [0.29, 0.717) is 24.5 Å². The summed E-state index contributed by atoms with van der Waals surface area (Å²) in [6, 6.07) is 14.0. The molecule has 0 aliphatic carbocycles. The Morgan fingerprint density at radius 2 is 1.71 bits per heavy atom. The minimum Gasteiger partial charge on any atom is -0.492 e. The van der Waals surface area contributed by atoms with Gasteiger partial charge in [0.15, 0.2) is 0 Å². The molecule has 0 saturated carbocycles. The van der Waals surface area contributed by atoms with Crippen molar-refractivity contribution in [2.75, 3.05) is 23.8 Å². The van der Waals surface area contributed by atoms with Crippen molar-refractivity contribution in [3.8, 4) is 5.75 Å². The molecule has 0 atom stereocenters. The molecule has 2 aromatic carbocycles. The summed E-state index contributed by atoms with van der Waals surface area (Å²) >= 11 is 3.37. The Morgan fingerprint density at radius 3 is 2.33 bits per heavy atom. The van der Waals surface area contributed by atoms with Gasteiger partial charge in [0.05, 0.1) is 6.54 Å². The molecule has 0 fully saturated rings. The molecule has 2 aromatic rings. The second-order valence-corrected chi connectivity index (χ2v) is 5.86. The van der Waals surface area contributed by atoms with Crippen LogP contribution < -0.4 is 20.7 Å². The van der Waals surface area contributed by atoms with Crippen molar-refractivity contribution in [3.05, 3.63) is 53.0 Å². The van der Waals surface area contributed by atoms with E-state index in [2.05, 4.69) is 31.9 Å². The van der Waals surface area contributed by atoms with Crippen LogP contribution in [0.4, 0.5) is 16.2 Å². The van der Waals surface area contributed by atoms with Crippen LogP contribution in [0.2, 0.25) is 0 Å². The molecule has 0 heterocycles. The largest absolute Gasteiger partial charge is 0.492 e. The SMILES string of the molecule is CC(=O)Nc1ccc(NC(=O)NCCOc2cccc(Br)c2)cc1. The highest BCUT2D eigenvalue weighted by molar-refractivity contribution is 9.10. The lowest BCUT2D eigenvalue weighted by atomic mass is 10.3. The Hall–Kier alpha value is -2.54. The second-order valence-electron chi connectivity index (χ2n) is 4.95. The number of urea groups is 1. The van der Waals surface area contributed by atoms with Crippen molar-refractivity contribution in [3.63, 3.8) is 0 Å². The van der Waals surface area contributed by atoms with Gasteiger partial charge in [0, 0.05) is 22.8 Å². The van der Waals surface area contributed by atoms with Gasteiger partial charge in [-0.15, -0.1) is 0 Å². The molecular formula is C17H18BrN3O3. The van der Waals surface area contributed by atoms with Crippen LogP contribution in [0.25, 0.3) is 0 Å². The van der Waals surface area contributed by atoms with Crippen LogP contribution in [0.15, 0.2) is 53.0 Å². The summed E-state index contributed by atoms with van der Waals surface area (Å²) in [5.74, 6) is 0.596. The highest BCUT2D eigenvalue weighted by Gasteiger charge is 2.02. The van der Waals surface area contributed by atoms with E-state index in [0.717, 1.165) is 10.2 Å². The van der Waals surface area contributed by atoms with Gasteiger partial charge < -0.3 is 20.7 Å². The first kappa shape index (κ1) is 17.8. The Balaban J connectivity index is 1.70. The van der Waals surface area contributed by atoms with E-state index in [9.17, 15) is 9.59 Å². The Labute approximate surface area is 148 Å². The van der Waals surface area contributed by atoms with Gasteiger partial charge in [-0.1, -0.05) is 22.0 Å². The lowest BCUT2D eigenvalue weighted by molar-refractivity contribution is -0.114. The molecule has 2 rings (SSSR count). The molecule has 3 N–H and O–H groups in total. The molecule has 0 radical (unpaired) electrons. The number of halogens is 1. The van der Waals surface area contributed by atoms with Crippen LogP contribution >= 0.6 is 15.9 Å². The van der Waals surface area contributed by atoms with E-state index < -0.39 is 0 Å². The maximum atomic E-state index is 11.8. The maximum Gasteiger partial charge on any atom is 0.319 e. The third kappa shape index (κ3) is 6.29. The van der Waals surface area contributed by atoms with Gasteiger partial charge in [-0.05, 0) is 42.5 Å². The number of carbonyl (C=O) groups excluding carboxylic acids is 2. The Morgan fingerprint density at radius 1 is 1.04 bits per heavy atom. The fourth-order valence-corrected chi connectivity index (χ4v) is 2.28. The van der Waals surface area contributed by atoms with Crippen molar-refractivity contribution in [1.29, 1.82) is 0 Å². The van der Waals surface area contributed by atoms with E-state index in [4.69, 9.17) is 4.74 Å². The zero-order valence-electron chi connectivity index (χ0n) is 13.1. The lowest BCUT2D eigenvalue weighted by Gasteiger charge is -2.10. The number of ether oxygens (including phenoxy) is 1. The van der Waals surface area contributed by atoms with Crippen LogP contribution in [-0.2, 0) is 4.79 Å². The first-order chi connectivity index (χ1) is 11.5. The molecular weight excluding hydrogens is 374 g/mol. The molecule has 24 heavy (non-hydrogen) atoms. The molecule has 0 spiro atoms. The van der Waals surface area contributed by atoms with Crippen LogP contribution in [0.1, 0.15) is 6.92 Å². The fourth-order valence-electron chi connectivity index (χ4n) is 1.91. The van der Waals surface area contributed by atoms with Gasteiger partial charge in [-0.25, -0.2) is 4.79 Å². The quantitative estimate of drug-likeness (QED) is 0.658. The van der Waals surface area contributed by atoms with E-state index in [1.165, 1.54) is 6.92 Å². The zero-order chi connectivity index (χ0) is 17.4. The highest BCUT2D eigenvalue weighted by atomic mass is 79.9. The number of anilines is 2. The van der Waals surface area contributed by atoms with Crippen molar-refractivity contribution in [2.45, 2.75) is 6.92 Å².